The second-order valence-electron chi connectivity index (χ2n) is 5.34. The SMILES string of the molecule is CCCCOC(=O)c1ccc(NC(=O)c2ccccc2C)cc1. The van der Waals surface area contributed by atoms with Crippen molar-refractivity contribution < 1.29 is 14.3 Å². The molecule has 0 unspecified atom stereocenters. The lowest BCUT2D eigenvalue weighted by molar-refractivity contribution is 0.0499. The summed E-state index contributed by atoms with van der Waals surface area (Å²) in [6.07, 6.45) is 1.84. The Hall–Kier alpha value is -2.62. The molecule has 120 valence electrons. The van der Waals surface area contributed by atoms with Gasteiger partial charge in [0.25, 0.3) is 5.91 Å². The van der Waals surface area contributed by atoms with Crippen molar-refractivity contribution in [2.24, 2.45) is 0 Å². The van der Waals surface area contributed by atoms with Crippen LogP contribution in [-0.4, -0.2) is 18.5 Å². The minimum atomic E-state index is -0.338. The van der Waals surface area contributed by atoms with E-state index in [1.807, 2.05) is 32.0 Å². The predicted molar refractivity (Wildman–Crippen MR) is 90.8 cm³/mol. The molecule has 0 aliphatic heterocycles. The molecule has 0 bridgehead atoms. The number of anilines is 1. The fraction of sp³-hybridized carbons (Fsp3) is 0.263. The lowest BCUT2D eigenvalue weighted by Gasteiger charge is -2.08. The maximum Gasteiger partial charge on any atom is 0.338 e. The molecule has 23 heavy (non-hydrogen) atoms. The molecule has 1 amide bonds. The van der Waals surface area contributed by atoms with Gasteiger partial charge in [0.15, 0.2) is 0 Å². The maximum absolute atomic E-state index is 12.2. The zero-order valence-electron chi connectivity index (χ0n) is 13.5. The molecule has 0 saturated heterocycles. The van der Waals surface area contributed by atoms with Gasteiger partial charge >= 0.3 is 5.97 Å². The highest BCUT2D eigenvalue weighted by atomic mass is 16.5. The Balaban J connectivity index is 1.99. The van der Waals surface area contributed by atoms with Crippen molar-refractivity contribution in [1.29, 1.82) is 0 Å². The van der Waals surface area contributed by atoms with Gasteiger partial charge in [-0.25, -0.2) is 4.79 Å². The van der Waals surface area contributed by atoms with E-state index in [1.54, 1.807) is 30.3 Å². The Kier molecular flexibility index (Phi) is 5.92. The monoisotopic (exact) mass is 311 g/mol. The molecular formula is C19H21NO3. The molecule has 0 aliphatic rings. The van der Waals surface area contributed by atoms with Crippen LogP contribution in [0, 0.1) is 6.92 Å². The normalized spacial score (nSPS) is 10.2. The molecule has 4 heteroatoms. The summed E-state index contributed by atoms with van der Waals surface area (Å²) in [6, 6.07) is 14.1. The fourth-order valence-electron chi connectivity index (χ4n) is 2.11. The van der Waals surface area contributed by atoms with Crippen LogP contribution in [0.1, 0.15) is 46.0 Å². The van der Waals surface area contributed by atoms with E-state index < -0.39 is 0 Å². The zero-order chi connectivity index (χ0) is 16.7. The second-order valence-corrected chi connectivity index (χ2v) is 5.34. The molecular weight excluding hydrogens is 290 g/mol. The first kappa shape index (κ1) is 16.7. The first-order valence-electron chi connectivity index (χ1n) is 7.76. The van der Waals surface area contributed by atoms with E-state index in [0.29, 0.717) is 23.4 Å². The van der Waals surface area contributed by atoms with Gasteiger partial charge in [-0.05, 0) is 49.2 Å². The van der Waals surface area contributed by atoms with Crippen LogP contribution in [0.4, 0.5) is 5.69 Å². The number of ether oxygens (including phenoxy) is 1. The summed E-state index contributed by atoms with van der Waals surface area (Å²) < 4.78 is 5.15. The number of aryl methyl sites for hydroxylation is 1. The van der Waals surface area contributed by atoms with Crippen molar-refractivity contribution in [3.8, 4) is 0 Å². The number of amides is 1. The van der Waals surface area contributed by atoms with Crippen LogP contribution >= 0.6 is 0 Å². The minimum Gasteiger partial charge on any atom is -0.462 e. The van der Waals surface area contributed by atoms with Gasteiger partial charge in [-0.1, -0.05) is 31.5 Å². The van der Waals surface area contributed by atoms with E-state index in [1.165, 1.54) is 0 Å². The van der Waals surface area contributed by atoms with Crippen LogP contribution in [0.2, 0.25) is 0 Å². The van der Waals surface area contributed by atoms with Gasteiger partial charge < -0.3 is 10.1 Å². The molecule has 0 atom stereocenters. The van der Waals surface area contributed by atoms with Crippen LogP contribution < -0.4 is 5.32 Å². The lowest BCUT2D eigenvalue weighted by atomic mass is 10.1. The van der Waals surface area contributed by atoms with E-state index in [2.05, 4.69) is 5.32 Å². The average molecular weight is 311 g/mol. The zero-order valence-corrected chi connectivity index (χ0v) is 13.5. The van der Waals surface area contributed by atoms with Crippen molar-refractivity contribution in [2.45, 2.75) is 26.7 Å². The average Bonchev–Trinajstić information content (AvgIpc) is 2.56. The minimum absolute atomic E-state index is 0.165. The Bertz CT molecular complexity index is 677. The van der Waals surface area contributed by atoms with Gasteiger partial charge in [0.1, 0.15) is 0 Å². The van der Waals surface area contributed by atoms with Crippen LogP contribution in [0.15, 0.2) is 48.5 Å². The highest BCUT2D eigenvalue weighted by molar-refractivity contribution is 6.05. The molecule has 2 rings (SSSR count). The molecule has 4 nitrogen and oxygen atoms in total. The number of carbonyl (C=O) groups excluding carboxylic acids is 2. The first-order chi connectivity index (χ1) is 11.1. The van der Waals surface area contributed by atoms with Crippen molar-refractivity contribution in [3.63, 3.8) is 0 Å². The molecule has 0 aliphatic carbocycles. The topological polar surface area (TPSA) is 55.4 Å². The first-order valence-corrected chi connectivity index (χ1v) is 7.76. The molecule has 0 heterocycles. The molecule has 0 radical (unpaired) electrons. The Morgan fingerprint density at radius 1 is 1.04 bits per heavy atom. The summed E-state index contributed by atoms with van der Waals surface area (Å²) in [5.41, 5.74) is 2.68. The predicted octanol–water partition coefficient (Wildman–Crippen LogP) is 4.20. The smallest absolute Gasteiger partial charge is 0.338 e. The second kappa shape index (κ2) is 8.13. The number of carbonyl (C=O) groups is 2. The molecule has 1 N–H and O–H groups in total. The summed E-state index contributed by atoms with van der Waals surface area (Å²) in [4.78, 5) is 24.0. The van der Waals surface area contributed by atoms with Gasteiger partial charge in [0.2, 0.25) is 0 Å². The Labute approximate surface area is 136 Å². The van der Waals surface area contributed by atoms with Crippen LogP contribution in [0.3, 0.4) is 0 Å². The number of benzene rings is 2. The largest absolute Gasteiger partial charge is 0.462 e. The highest BCUT2D eigenvalue weighted by Gasteiger charge is 2.10. The summed E-state index contributed by atoms with van der Waals surface area (Å²) in [5, 5.41) is 2.83. The summed E-state index contributed by atoms with van der Waals surface area (Å²) in [5.74, 6) is -0.503. The fourth-order valence-corrected chi connectivity index (χ4v) is 2.11. The Morgan fingerprint density at radius 3 is 2.39 bits per heavy atom. The number of hydrogen-bond donors (Lipinski definition) is 1. The van der Waals surface area contributed by atoms with Crippen molar-refractivity contribution in [1.82, 2.24) is 0 Å². The third-order valence-corrected chi connectivity index (χ3v) is 3.50. The van der Waals surface area contributed by atoms with Gasteiger partial charge in [-0.15, -0.1) is 0 Å². The Morgan fingerprint density at radius 2 is 1.74 bits per heavy atom. The molecule has 0 fully saturated rings. The van der Waals surface area contributed by atoms with Crippen LogP contribution in [0.25, 0.3) is 0 Å². The highest BCUT2D eigenvalue weighted by Crippen LogP contribution is 2.14. The van der Waals surface area contributed by atoms with E-state index in [9.17, 15) is 9.59 Å². The third kappa shape index (κ3) is 4.68. The van der Waals surface area contributed by atoms with Gasteiger partial charge in [-0.2, -0.15) is 0 Å². The van der Waals surface area contributed by atoms with Crippen molar-refractivity contribution in [2.75, 3.05) is 11.9 Å². The maximum atomic E-state index is 12.2. The quantitative estimate of drug-likeness (QED) is 0.642. The number of unbranched alkanes of at least 4 members (excludes halogenated alkanes) is 1. The number of rotatable bonds is 6. The molecule has 0 aromatic heterocycles. The summed E-state index contributed by atoms with van der Waals surface area (Å²) in [6.45, 7) is 4.37. The van der Waals surface area contributed by atoms with Gasteiger partial charge in [0.05, 0.1) is 12.2 Å². The van der Waals surface area contributed by atoms with E-state index in [-0.39, 0.29) is 11.9 Å². The van der Waals surface area contributed by atoms with Gasteiger partial charge in [-0.3, -0.25) is 4.79 Å². The van der Waals surface area contributed by atoms with Crippen molar-refractivity contribution >= 4 is 17.6 Å². The van der Waals surface area contributed by atoms with Crippen molar-refractivity contribution in [3.05, 3.63) is 65.2 Å². The van der Waals surface area contributed by atoms with E-state index in [4.69, 9.17) is 4.74 Å². The van der Waals surface area contributed by atoms with E-state index in [0.717, 1.165) is 18.4 Å². The van der Waals surface area contributed by atoms with Crippen LogP contribution in [-0.2, 0) is 4.74 Å². The third-order valence-electron chi connectivity index (χ3n) is 3.50. The standard InChI is InChI=1S/C19H21NO3/c1-3-4-13-23-19(22)15-9-11-16(12-10-15)20-18(21)17-8-6-5-7-14(17)2/h5-12H,3-4,13H2,1-2H3,(H,20,21). The summed E-state index contributed by atoms with van der Waals surface area (Å²) in [7, 11) is 0. The van der Waals surface area contributed by atoms with Crippen LogP contribution in [0.5, 0.6) is 0 Å². The molecule has 0 spiro atoms. The molecule has 2 aromatic carbocycles. The van der Waals surface area contributed by atoms with E-state index >= 15 is 0 Å². The molecule has 2 aromatic rings. The number of esters is 1. The summed E-state index contributed by atoms with van der Waals surface area (Å²) >= 11 is 0. The van der Waals surface area contributed by atoms with Gasteiger partial charge in [0, 0.05) is 11.3 Å². The number of hydrogen-bond acceptors (Lipinski definition) is 3. The number of nitrogens with one attached hydrogen (secondary N) is 1. The lowest BCUT2D eigenvalue weighted by Crippen LogP contribution is -2.13. The molecule has 0 saturated carbocycles.